The predicted octanol–water partition coefficient (Wildman–Crippen LogP) is 5.68. The first-order chi connectivity index (χ1) is 19.0. The standard InChI is InChI=1S/C30H35ClN4O5/c1-30(2,3)40-29(37)35-26-17-22(11-12-23(26)28(33-35)38-4)39-15-14-34(18-20-8-6-5-7-9-20)19-27(36)21-10-13-24(31)25(32)16-21/h5-13,16-17,27,36H,14-15,18-19,32H2,1-4H3/t27-/m0/s1. The molecule has 9 nitrogen and oxygen atoms in total. The molecule has 212 valence electrons. The minimum atomic E-state index is -0.768. The highest BCUT2D eigenvalue weighted by Gasteiger charge is 2.23. The van der Waals surface area contributed by atoms with Crippen LogP contribution >= 0.6 is 11.6 Å². The zero-order chi connectivity index (χ0) is 28.9. The summed E-state index contributed by atoms with van der Waals surface area (Å²) >= 11 is 6.05. The molecule has 40 heavy (non-hydrogen) atoms. The van der Waals surface area contributed by atoms with Crippen molar-refractivity contribution in [1.82, 2.24) is 14.7 Å². The summed E-state index contributed by atoms with van der Waals surface area (Å²) in [5.41, 5.74) is 8.01. The molecule has 0 aliphatic carbocycles. The van der Waals surface area contributed by atoms with E-state index in [1.807, 2.05) is 30.3 Å². The highest BCUT2D eigenvalue weighted by atomic mass is 35.5. The molecule has 0 fully saturated rings. The van der Waals surface area contributed by atoms with Gasteiger partial charge in [-0.2, -0.15) is 4.68 Å². The Hall–Kier alpha value is -3.79. The molecule has 3 aromatic carbocycles. The minimum Gasteiger partial charge on any atom is -0.492 e. The van der Waals surface area contributed by atoms with Crippen molar-refractivity contribution in [3.05, 3.63) is 82.9 Å². The summed E-state index contributed by atoms with van der Waals surface area (Å²) in [6.07, 6.45) is -1.38. The van der Waals surface area contributed by atoms with E-state index in [1.165, 1.54) is 11.8 Å². The molecule has 1 heterocycles. The molecule has 0 radical (unpaired) electrons. The van der Waals surface area contributed by atoms with Crippen LogP contribution in [0.25, 0.3) is 10.9 Å². The van der Waals surface area contributed by atoms with Gasteiger partial charge in [0.1, 0.15) is 18.0 Å². The highest BCUT2D eigenvalue weighted by molar-refractivity contribution is 6.33. The van der Waals surface area contributed by atoms with Gasteiger partial charge >= 0.3 is 6.09 Å². The number of rotatable bonds is 10. The fraction of sp³-hybridized carbons (Fsp3) is 0.333. The first-order valence-corrected chi connectivity index (χ1v) is 13.3. The normalized spacial score (nSPS) is 12.5. The molecule has 0 amide bonds. The third-order valence-corrected chi connectivity index (χ3v) is 6.48. The van der Waals surface area contributed by atoms with E-state index in [4.69, 9.17) is 31.5 Å². The van der Waals surface area contributed by atoms with Gasteiger partial charge in [-0.15, -0.1) is 5.10 Å². The average Bonchev–Trinajstić information content (AvgIpc) is 3.28. The Morgan fingerprint density at radius 3 is 2.55 bits per heavy atom. The fourth-order valence-electron chi connectivity index (χ4n) is 4.24. The Kier molecular flexibility index (Phi) is 9.19. The number of aliphatic hydroxyl groups excluding tert-OH is 1. The van der Waals surface area contributed by atoms with E-state index in [1.54, 1.807) is 57.2 Å². The van der Waals surface area contributed by atoms with E-state index in [0.29, 0.717) is 65.0 Å². The van der Waals surface area contributed by atoms with Crippen molar-refractivity contribution in [1.29, 1.82) is 0 Å². The van der Waals surface area contributed by atoms with Crippen molar-refractivity contribution < 1.29 is 24.1 Å². The molecular weight excluding hydrogens is 532 g/mol. The zero-order valence-electron chi connectivity index (χ0n) is 23.1. The van der Waals surface area contributed by atoms with Crippen LogP contribution in [0, 0.1) is 0 Å². The third kappa shape index (κ3) is 7.44. The van der Waals surface area contributed by atoms with Gasteiger partial charge in [0.25, 0.3) is 0 Å². The zero-order valence-corrected chi connectivity index (χ0v) is 23.9. The van der Waals surface area contributed by atoms with Crippen molar-refractivity contribution in [2.75, 3.05) is 32.5 Å². The number of nitrogens with zero attached hydrogens (tertiary/aromatic N) is 3. The minimum absolute atomic E-state index is 0.318. The number of carbonyl (C=O) groups is 1. The molecule has 1 aromatic heterocycles. The summed E-state index contributed by atoms with van der Waals surface area (Å²) in [5.74, 6) is 0.879. The number of aromatic nitrogens is 2. The van der Waals surface area contributed by atoms with Gasteiger partial charge < -0.3 is 25.1 Å². The van der Waals surface area contributed by atoms with Crippen LogP contribution in [-0.2, 0) is 11.3 Å². The summed E-state index contributed by atoms with van der Waals surface area (Å²) in [7, 11) is 1.50. The van der Waals surface area contributed by atoms with Crippen LogP contribution < -0.4 is 15.2 Å². The molecule has 0 saturated carbocycles. The molecule has 0 saturated heterocycles. The number of benzene rings is 3. The molecule has 0 aliphatic heterocycles. The number of methoxy groups -OCH3 is 1. The number of hydrogen-bond donors (Lipinski definition) is 2. The molecule has 4 aromatic rings. The second-order valence-corrected chi connectivity index (χ2v) is 10.9. The van der Waals surface area contributed by atoms with Gasteiger partial charge in [-0.05, 0) is 56.2 Å². The second-order valence-electron chi connectivity index (χ2n) is 10.4. The summed E-state index contributed by atoms with van der Waals surface area (Å²) in [4.78, 5) is 14.9. The van der Waals surface area contributed by atoms with Crippen LogP contribution in [0.4, 0.5) is 10.5 Å². The Bertz CT molecular complexity index is 1450. The van der Waals surface area contributed by atoms with Crippen molar-refractivity contribution in [2.24, 2.45) is 0 Å². The maximum atomic E-state index is 12.8. The number of ether oxygens (including phenoxy) is 3. The number of halogens is 1. The van der Waals surface area contributed by atoms with E-state index in [0.717, 1.165) is 5.56 Å². The molecular formula is C30H35ClN4O5. The first kappa shape index (κ1) is 29.2. The number of aliphatic hydroxyl groups is 1. The number of nitrogens with two attached hydrogens (primary N) is 1. The molecule has 3 N–H and O–H groups in total. The molecule has 0 unspecified atom stereocenters. The van der Waals surface area contributed by atoms with Crippen molar-refractivity contribution in [3.8, 4) is 11.6 Å². The van der Waals surface area contributed by atoms with Crippen LogP contribution in [0.2, 0.25) is 5.02 Å². The van der Waals surface area contributed by atoms with Crippen molar-refractivity contribution in [3.63, 3.8) is 0 Å². The topological polar surface area (TPSA) is 112 Å². The maximum absolute atomic E-state index is 12.8. The van der Waals surface area contributed by atoms with Crippen LogP contribution in [-0.4, -0.2) is 58.3 Å². The highest BCUT2D eigenvalue weighted by Crippen LogP contribution is 2.29. The van der Waals surface area contributed by atoms with Gasteiger partial charge in [-0.1, -0.05) is 48.0 Å². The number of carbonyl (C=O) groups excluding carboxylic acids is 1. The quantitative estimate of drug-likeness (QED) is 0.236. The molecule has 1 atom stereocenters. The van der Waals surface area contributed by atoms with Gasteiger partial charge in [0, 0.05) is 25.7 Å². The summed E-state index contributed by atoms with van der Waals surface area (Å²) < 4.78 is 18.1. The molecule has 0 spiro atoms. The molecule has 4 rings (SSSR count). The van der Waals surface area contributed by atoms with E-state index in [2.05, 4.69) is 10.00 Å². The number of nitrogen functional groups attached to an aromatic ring is 1. The number of fused-ring (bicyclic) bond motifs is 1. The lowest BCUT2D eigenvalue weighted by atomic mass is 10.1. The summed E-state index contributed by atoms with van der Waals surface area (Å²) in [6.45, 7) is 7.23. The molecule has 10 heteroatoms. The summed E-state index contributed by atoms with van der Waals surface area (Å²) in [6, 6.07) is 20.5. The average molecular weight is 567 g/mol. The van der Waals surface area contributed by atoms with E-state index in [9.17, 15) is 9.90 Å². The molecule has 0 bridgehead atoms. The monoisotopic (exact) mass is 566 g/mol. The summed E-state index contributed by atoms with van der Waals surface area (Å²) in [5, 5.41) is 16.3. The Morgan fingerprint density at radius 1 is 1.12 bits per heavy atom. The first-order valence-electron chi connectivity index (χ1n) is 13.0. The van der Waals surface area contributed by atoms with Gasteiger partial charge in [-0.3, -0.25) is 4.90 Å². The number of anilines is 1. The van der Waals surface area contributed by atoms with Gasteiger partial charge in [0.2, 0.25) is 5.88 Å². The van der Waals surface area contributed by atoms with Crippen molar-refractivity contribution >= 4 is 34.3 Å². The second kappa shape index (κ2) is 12.6. The Balaban J connectivity index is 1.49. The Labute approximate surface area is 239 Å². The fourth-order valence-corrected chi connectivity index (χ4v) is 4.36. The lowest BCUT2D eigenvalue weighted by Crippen LogP contribution is -2.32. The van der Waals surface area contributed by atoms with Crippen LogP contribution in [0.1, 0.15) is 38.0 Å². The lowest BCUT2D eigenvalue weighted by Gasteiger charge is -2.25. The Morgan fingerprint density at radius 2 is 1.88 bits per heavy atom. The number of hydrogen-bond acceptors (Lipinski definition) is 8. The van der Waals surface area contributed by atoms with Crippen LogP contribution in [0.3, 0.4) is 0 Å². The largest absolute Gasteiger partial charge is 0.492 e. The van der Waals surface area contributed by atoms with Crippen LogP contribution in [0.15, 0.2) is 66.7 Å². The lowest BCUT2D eigenvalue weighted by molar-refractivity contribution is 0.0520. The van der Waals surface area contributed by atoms with Crippen molar-refractivity contribution in [2.45, 2.75) is 39.0 Å². The maximum Gasteiger partial charge on any atom is 0.435 e. The molecule has 0 aliphatic rings. The van der Waals surface area contributed by atoms with Gasteiger partial charge in [0.05, 0.1) is 34.8 Å². The van der Waals surface area contributed by atoms with Gasteiger partial charge in [0.15, 0.2) is 0 Å². The van der Waals surface area contributed by atoms with E-state index < -0.39 is 17.8 Å². The predicted molar refractivity (Wildman–Crippen MR) is 156 cm³/mol. The van der Waals surface area contributed by atoms with E-state index in [-0.39, 0.29) is 0 Å². The van der Waals surface area contributed by atoms with Gasteiger partial charge in [-0.25, -0.2) is 4.79 Å². The van der Waals surface area contributed by atoms with Crippen LogP contribution in [0.5, 0.6) is 11.6 Å². The smallest absolute Gasteiger partial charge is 0.435 e. The SMILES string of the molecule is COc1nn(C(=O)OC(C)(C)C)c2cc(OCCN(Cc3ccccc3)C[C@H](O)c3ccc(Cl)c(N)c3)ccc12. The van der Waals surface area contributed by atoms with E-state index >= 15 is 0 Å². The third-order valence-electron chi connectivity index (χ3n) is 6.14.